The SMILES string of the molecule is CC(C)P(c1ccc(C(F)(F)F)cc1)c1ccc(C(F)(F)F)cc1. The van der Waals surface area contributed by atoms with Gasteiger partial charge in [-0.05, 0) is 48.5 Å². The summed E-state index contributed by atoms with van der Waals surface area (Å²) in [6.45, 7) is 3.81. The van der Waals surface area contributed by atoms with E-state index in [1.807, 2.05) is 13.8 Å². The Labute approximate surface area is 137 Å². The largest absolute Gasteiger partial charge is 0.416 e. The fraction of sp³-hybridized carbons (Fsp3) is 0.294. The molecule has 0 bridgehead atoms. The molecule has 2 aromatic carbocycles. The van der Waals surface area contributed by atoms with Gasteiger partial charge >= 0.3 is 12.4 Å². The van der Waals surface area contributed by atoms with E-state index in [0.29, 0.717) is 10.6 Å². The number of halogens is 6. The molecule has 0 aliphatic carbocycles. The first-order valence-electron chi connectivity index (χ1n) is 7.14. The van der Waals surface area contributed by atoms with E-state index >= 15 is 0 Å². The standard InChI is InChI=1S/C17H15F6P/c1-11(2)24(14-7-3-12(4-8-14)16(18,19)20)15-9-5-13(6-10-15)17(21,22)23/h3-11H,1-2H3. The van der Waals surface area contributed by atoms with Gasteiger partial charge in [-0.1, -0.05) is 38.1 Å². The Morgan fingerprint density at radius 3 is 1.12 bits per heavy atom. The number of benzene rings is 2. The summed E-state index contributed by atoms with van der Waals surface area (Å²) in [5.41, 5.74) is -1.40. The fourth-order valence-corrected chi connectivity index (χ4v) is 4.80. The zero-order valence-electron chi connectivity index (χ0n) is 12.9. The molecule has 2 rings (SSSR count). The highest BCUT2D eigenvalue weighted by atomic mass is 31.1. The number of alkyl halides is 6. The molecule has 0 saturated carbocycles. The lowest BCUT2D eigenvalue weighted by molar-refractivity contribution is -0.138. The third kappa shape index (κ3) is 4.29. The van der Waals surface area contributed by atoms with Crippen molar-refractivity contribution in [3.63, 3.8) is 0 Å². The zero-order valence-corrected chi connectivity index (χ0v) is 13.8. The maximum atomic E-state index is 12.7. The van der Waals surface area contributed by atoms with Gasteiger partial charge in [-0.2, -0.15) is 26.3 Å². The molecule has 2 aromatic rings. The summed E-state index contributed by atoms with van der Waals surface area (Å²) in [6, 6.07) is 9.68. The molecule has 0 nitrogen and oxygen atoms in total. The van der Waals surface area contributed by atoms with E-state index < -0.39 is 31.4 Å². The van der Waals surface area contributed by atoms with Crippen LogP contribution >= 0.6 is 7.92 Å². The lowest BCUT2D eigenvalue weighted by Gasteiger charge is -2.23. The minimum absolute atomic E-state index is 0.0773. The minimum Gasteiger partial charge on any atom is -0.166 e. The molecule has 0 fully saturated rings. The van der Waals surface area contributed by atoms with Crippen LogP contribution < -0.4 is 10.6 Å². The van der Waals surface area contributed by atoms with Gasteiger partial charge in [-0.3, -0.25) is 0 Å². The van der Waals surface area contributed by atoms with E-state index in [0.717, 1.165) is 24.3 Å². The van der Waals surface area contributed by atoms with Gasteiger partial charge in [0.1, 0.15) is 0 Å². The third-order valence-corrected chi connectivity index (χ3v) is 6.20. The van der Waals surface area contributed by atoms with E-state index in [4.69, 9.17) is 0 Å². The first-order valence-corrected chi connectivity index (χ1v) is 8.55. The van der Waals surface area contributed by atoms with Gasteiger partial charge in [0.25, 0.3) is 0 Å². The molecule has 0 N–H and O–H groups in total. The van der Waals surface area contributed by atoms with Gasteiger partial charge in [0.2, 0.25) is 0 Å². The van der Waals surface area contributed by atoms with Crippen LogP contribution in [0.2, 0.25) is 0 Å². The third-order valence-electron chi connectivity index (χ3n) is 3.46. The molecule has 130 valence electrons. The Balaban J connectivity index is 2.36. The number of rotatable bonds is 3. The van der Waals surface area contributed by atoms with Crippen molar-refractivity contribution in [2.75, 3.05) is 0 Å². The van der Waals surface area contributed by atoms with E-state index in [9.17, 15) is 26.3 Å². The zero-order chi connectivity index (χ0) is 18.1. The Hall–Kier alpha value is -1.55. The summed E-state index contributed by atoms with van der Waals surface area (Å²) in [6.07, 6.45) is -8.82. The summed E-state index contributed by atoms with van der Waals surface area (Å²) >= 11 is 0. The van der Waals surface area contributed by atoms with Crippen LogP contribution in [-0.2, 0) is 12.4 Å². The highest BCUT2D eigenvalue weighted by Gasteiger charge is 2.32. The summed E-state index contributed by atoms with van der Waals surface area (Å²) in [5, 5.41) is 1.40. The fourth-order valence-electron chi connectivity index (χ4n) is 2.37. The molecule has 0 unspecified atom stereocenters. The number of hydrogen-bond donors (Lipinski definition) is 0. The van der Waals surface area contributed by atoms with E-state index in [1.165, 1.54) is 24.3 Å². The minimum atomic E-state index is -4.41. The van der Waals surface area contributed by atoms with Crippen molar-refractivity contribution in [1.29, 1.82) is 0 Å². The Morgan fingerprint density at radius 1 is 0.625 bits per heavy atom. The predicted octanol–water partition coefficient (Wildman–Crippen LogP) is 5.57. The Bertz CT molecular complexity index is 611. The van der Waals surface area contributed by atoms with Gasteiger partial charge in [-0.25, -0.2) is 0 Å². The van der Waals surface area contributed by atoms with Crippen molar-refractivity contribution in [2.24, 2.45) is 0 Å². The van der Waals surface area contributed by atoms with Gasteiger partial charge in [0.05, 0.1) is 11.1 Å². The molecule has 24 heavy (non-hydrogen) atoms. The topological polar surface area (TPSA) is 0 Å². The predicted molar refractivity (Wildman–Crippen MR) is 84.2 cm³/mol. The summed E-state index contributed by atoms with van der Waals surface area (Å²) < 4.78 is 75.9. The molecule has 0 saturated heterocycles. The lowest BCUT2D eigenvalue weighted by atomic mass is 10.2. The monoisotopic (exact) mass is 364 g/mol. The van der Waals surface area contributed by atoms with Gasteiger partial charge < -0.3 is 0 Å². The quantitative estimate of drug-likeness (QED) is 0.494. The van der Waals surface area contributed by atoms with Crippen molar-refractivity contribution < 1.29 is 26.3 Å². The summed E-state index contributed by atoms with van der Waals surface area (Å²) in [4.78, 5) is 0. The number of hydrogen-bond acceptors (Lipinski definition) is 0. The second kappa shape index (κ2) is 6.75. The van der Waals surface area contributed by atoms with Crippen LogP contribution in [0.1, 0.15) is 25.0 Å². The van der Waals surface area contributed by atoms with Crippen molar-refractivity contribution in [2.45, 2.75) is 31.9 Å². The van der Waals surface area contributed by atoms with Crippen LogP contribution in [0.25, 0.3) is 0 Å². The van der Waals surface area contributed by atoms with E-state index in [1.54, 1.807) is 0 Å². The molecule has 0 amide bonds. The molecular formula is C17H15F6P. The van der Waals surface area contributed by atoms with Crippen LogP contribution in [0.3, 0.4) is 0 Å². The molecular weight excluding hydrogens is 349 g/mol. The van der Waals surface area contributed by atoms with Crippen LogP contribution in [-0.4, -0.2) is 5.66 Å². The van der Waals surface area contributed by atoms with Crippen molar-refractivity contribution in [3.05, 3.63) is 59.7 Å². The van der Waals surface area contributed by atoms with Crippen molar-refractivity contribution in [1.82, 2.24) is 0 Å². The summed E-state index contributed by atoms with van der Waals surface area (Å²) in [5.74, 6) is 0. The average molecular weight is 364 g/mol. The van der Waals surface area contributed by atoms with E-state index in [2.05, 4.69) is 0 Å². The molecule has 0 spiro atoms. The molecule has 0 aliphatic rings. The first kappa shape index (κ1) is 18.8. The smallest absolute Gasteiger partial charge is 0.166 e. The molecule has 0 aliphatic heterocycles. The Kier molecular flexibility index (Phi) is 5.28. The first-order chi connectivity index (χ1) is 11.0. The Morgan fingerprint density at radius 2 is 0.917 bits per heavy atom. The van der Waals surface area contributed by atoms with E-state index in [-0.39, 0.29) is 5.66 Å². The second-order valence-electron chi connectivity index (χ2n) is 5.55. The molecule has 0 heterocycles. The highest BCUT2D eigenvalue weighted by molar-refractivity contribution is 7.73. The van der Waals surface area contributed by atoms with Gasteiger partial charge in [0, 0.05) is 0 Å². The lowest BCUT2D eigenvalue weighted by Crippen LogP contribution is -2.19. The van der Waals surface area contributed by atoms with Gasteiger partial charge in [-0.15, -0.1) is 0 Å². The van der Waals surface area contributed by atoms with Crippen LogP contribution in [0.4, 0.5) is 26.3 Å². The summed E-state index contributed by atoms with van der Waals surface area (Å²) in [7, 11) is -1.04. The van der Waals surface area contributed by atoms with Crippen LogP contribution in [0, 0.1) is 0 Å². The maximum Gasteiger partial charge on any atom is 0.416 e. The average Bonchev–Trinajstić information content (AvgIpc) is 2.46. The van der Waals surface area contributed by atoms with Crippen molar-refractivity contribution >= 4 is 18.5 Å². The second-order valence-corrected chi connectivity index (χ2v) is 8.36. The van der Waals surface area contributed by atoms with Gasteiger partial charge in [0.15, 0.2) is 0 Å². The normalized spacial score (nSPS) is 12.9. The van der Waals surface area contributed by atoms with Crippen LogP contribution in [0.5, 0.6) is 0 Å². The molecule has 0 aromatic heterocycles. The highest BCUT2D eigenvalue weighted by Crippen LogP contribution is 2.40. The maximum absolute atomic E-state index is 12.7. The van der Waals surface area contributed by atoms with Crippen molar-refractivity contribution in [3.8, 4) is 0 Å². The van der Waals surface area contributed by atoms with Crippen LogP contribution in [0.15, 0.2) is 48.5 Å². The molecule has 0 atom stereocenters. The molecule has 7 heteroatoms. The molecule has 0 radical (unpaired) electrons.